The minimum absolute atomic E-state index is 0.0985. The highest BCUT2D eigenvalue weighted by atomic mass is 127. The normalized spacial score (nSPS) is 18.4. The highest BCUT2D eigenvalue weighted by Crippen LogP contribution is 2.31. The van der Waals surface area contributed by atoms with E-state index in [2.05, 4.69) is 32.9 Å². The molecule has 3 rings (SSSR count). The summed E-state index contributed by atoms with van der Waals surface area (Å²) in [4.78, 5) is 30.8. The van der Waals surface area contributed by atoms with Gasteiger partial charge >= 0.3 is 0 Å². The number of nitrogens with one attached hydrogen (secondary N) is 1. The van der Waals surface area contributed by atoms with Crippen LogP contribution in [-0.2, 0) is 9.59 Å². The number of thioether (sulfide) groups is 1. The van der Waals surface area contributed by atoms with Crippen LogP contribution in [0.3, 0.4) is 0 Å². The fourth-order valence-corrected chi connectivity index (χ4v) is 4.04. The van der Waals surface area contributed by atoms with Crippen LogP contribution in [0.2, 0.25) is 0 Å². The molecular weight excluding hydrogens is 461 g/mol. The van der Waals surface area contributed by atoms with E-state index >= 15 is 0 Å². The first-order valence-corrected chi connectivity index (χ1v) is 10.0. The summed E-state index contributed by atoms with van der Waals surface area (Å²) in [6, 6.07) is 15.3. The summed E-state index contributed by atoms with van der Waals surface area (Å²) in [5.74, 6) is -0.274. The molecule has 1 aliphatic rings. The standard InChI is InChI=1S/C19H18IN3O2S/c1-12-4-3-5-15(10-12)21-17(24)11-16-18(25)23(2)19(26-16)22-14-8-6-13(20)7-9-14/h3-10,16H,11H2,1-2H3,(H,21,24)/t16-/m0/s1. The first-order valence-electron chi connectivity index (χ1n) is 8.07. The minimum Gasteiger partial charge on any atom is -0.326 e. The third-order valence-electron chi connectivity index (χ3n) is 3.86. The van der Waals surface area contributed by atoms with Crippen LogP contribution in [0.5, 0.6) is 0 Å². The zero-order valence-electron chi connectivity index (χ0n) is 14.4. The summed E-state index contributed by atoms with van der Waals surface area (Å²) in [5.41, 5.74) is 2.60. The monoisotopic (exact) mass is 479 g/mol. The van der Waals surface area contributed by atoms with Crippen molar-refractivity contribution < 1.29 is 9.59 Å². The average Bonchev–Trinajstić information content (AvgIpc) is 2.85. The molecule has 1 saturated heterocycles. The molecule has 0 aliphatic carbocycles. The number of hydrogen-bond acceptors (Lipinski definition) is 4. The van der Waals surface area contributed by atoms with Gasteiger partial charge in [-0.1, -0.05) is 23.9 Å². The first kappa shape index (κ1) is 18.9. The predicted molar refractivity (Wildman–Crippen MR) is 115 cm³/mol. The third kappa shape index (κ3) is 4.64. The van der Waals surface area contributed by atoms with Gasteiger partial charge in [-0.15, -0.1) is 0 Å². The number of benzene rings is 2. The molecule has 2 aromatic carbocycles. The van der Waals surface area contributed by atoms with Crippen LogP contribution in [0.4, 0.5) is 11.4 Å². The van der Waals surface area contributed by atoms with E-state index in [9.17, 15) is 9.59 Å². The number of carbonyl (C=O) groups excluding carboxylic acids is 2. The fourth-order valence-electron chi connectivity index (χ4n) is 2.53. The number of hydrogen-bond donors (Lipinski definition) is 1. The van der Waals surface area contributed by atoms with Crippen LogP contribution in [0.1, 0.15) is 12.0 Å². The van der Waals surface area contributed by atoms with Crippen molar-refractivity contribution in [2.45, 2.75) is 18.6 Å². The zero-order valence-corrected chi connectivity index (χ0v) is 17.4. The zero-order chi connectivity index (χ0) is 18.7. The number of nitrogens with zero attached hydrogens (tertiary/aromatic N) is 2. The molecule has 1 N–H and O–H groups in total. The van der Waals surface area contributed by atoms with E-state index in [-0.39, 0.29) is 18.2 Å². The Bertz CT molecular complexity index is 867. The molecule has 134 valence electrons. The van der Waals surface area contributed by atoms with Crippen LogP contribution in [0, 0.1) is 10.5 Å². The lowest BCUT2D eigenvalue weighted by Crippen LogP contribution is -2.30. The molecule has 0 bridgehead atoms. The molecule has 1 aliphatic heterocycles. The number of aliphatic imine (C=N–C) groups is 1. The van der Waals surface area contributed by atoms with Gasteiger partial charge in [0.25, 0.3) is 0 Å². The summed E-state index contributed by atoms with van der Waals surface area (Å²) < 4.78 is 1.13. The second-order valence-corrected chi connectivity index (χ2v) is 8.41. The number of halogens is 1. The molecule has 26 heavy (non-hydrogen) atoms. The molecule has 7 heteroatoms. The smallest absolute Gasteiger partial charge is 0.242 e. The largest absolute Gasteiger partial charge is 0.326 e. The van der Waals surface area contributed by atoms with Crippen molar-refractivity contribution in [2.75, 3.05) is 12.4 Å². The maximum absolute atomic E-state index is 12.4. The van der Waals surface area contributed by atoms with Crippen molar-refractivity contribution >= 4 is 62.7 Å². The van der Waals surface area contributed by atoms with Gasteiger partial charge in [-0.05, 0) is 71.5 Å². The molecule has 2 amide bonds. The van der Waals surface area contributed by atoms with Gasteiger partial charge in [0.2, 0.25) is 11.8 Å². The molecule has 2 aromatic rings. The number of amidine groups is 1. The Morgan fingerprint density at radius 1 is 1.27 bits per heavy atom. The van der Waals surface area contributed by atoms with Gasteiger partial charge in [-0.25, -0.2) is 4.99 Å². The SMILES string of the molecule is Cc1cccc(NC(=O)C[C@@H]2SC(=Nc3ccc(I)cc3)N(C)C2=O)c1. The van der Waals surface area contributed by atoms with Crippen molar-refractivity contribution in [2.24, 2.45) is 4.99 Å². The van der Waals surface area contributed by atoms with Crippen molar-refractivity contribution in [1.82, 2.24) is 4.90 Å². The van der Waals surface area contributed by atoms with Gasteiger partial charge < -0.3 is 5.32 Å². The van der Waals surface area contributed by atoms with Crippen LogP contribution < -0.4 is 5.32 Å². The topological polar surface area (TPSA) is 61.8 Å². The van der Waals surface area contributed by atoms with Gasteiger partial charge in [0.05, 0.1) is 5.69 Å². The highest BCUT2D eigenvalue weighted by molar-refractivity contribution is 14.1. The lowest BCUT2D eigenvalue weighted by Gasteiger charge is -2.09. The van der Waals surface area contributed by atoms with Gasteiger partial charge in [0.15, 0.2) is 5.17 Å². The summed E-state index contributed by atoms with van der Waals surface area (Å²) >= 11 is 3.56. The minimum atomic E-state index is -0.451. The van der Waals surface area contributed by atoms with E-state index in [1.54, 1.807) is 7.05 Å². The molecule has 0 saturated carbocycles. The highest BCUT2D eigenvalue weighted by Gasteiger charge is 2.36. The third-order valence-corrected chi connectivity index (χ3v) is 5.81. The number of carbonyl (C=O) groups is 2. The average molecular weight is 479 g/mol. The Hall–Kier alpha value is -1.87. The van der Waals surface area contributed by atoms with E-state index in [1.165, 1.54) is 16.7 Å². The molecular formula is C19H18IN3O2S. The summed E-state index contributed by atoms with van der Waals surface area (Å²) in [6.45, 7) is 1.97. The first-order chi connectivity index (χ1) is 12.4. The number of anilines is 1. The number of amides is 2. The Balaban J connectivity index is 1.66. The Kier molecular flexibility index (Phi) is 5.98. The predicted octanol–water partition coefficient (Wildman–Crippen LogP) is 4.19. The van der Waals surface area contributed by atoms with Crippen molar-refractivity contribution in [3.8, 4) is 0 Å². The van der Waals surface area contributed by atoms with Gasteiger partial charge in [-0.2, -0.15) is 0 Å². The van der Waals surface area contributed by atoms with Crippen molar-refractivity contribution in [1.29, 1.82) is 0 Å². The summed E-state index contributed by atoms with van der Waals surface area (Å²) in [7, 11) is 1.69. The second-order valence-electron chi connectivity index (χ2n) is 6.00. The molecule has 1 heterocycles. The summed E-state index contributed by atoms with van der Waals surface area (Å²) in [6.07, 6.45) is 0.119. The Labute approximate surface area is 170 Å². The van der Waals surface area contributed by atoms with Crippen molar-refractivity contribution in [3.63, 3.8) is 0 Å². The molecule has 0 unspecified atom stereocenters. The fraction of sp³-hybridized carbons (Fsp3) is 0.211. The quantitative estimate of drug-likeness (QED) is 0.670. The van der Waals surface area contributed by atoms with Crippen LogP contribution in [-0.4, -0.2) is 34.2 Å². The van der Waals surface area contributed by atoms with E-state index in [0.29, 0.717) is 5.17 Å². The van der Waals surface area contributed by atoms with Crippen molar-refractivity contribution in [3.05, 3.63) is 57.7 Å². The number of aryl methyl sites for hydroxylation is 1. The van der Waals surface area contributed by atoms with Gasteiger partial charge in [0, 0.05) is 22.7 Å². The van der Waals surface area contributed by atoms with Crippen LogP contribution in [0.15, 0.2) is 53.5 Å². The Morgan fingerprint density at radius 3 is 2.69 bits per heavy atom. The maximum atomic E-state index is 12.4. The van der Waals surface area contributed by atoms with Crippen LogP contribution >= 0.6 is 34.4 Å². The molecule has 1 fully saturated rings. The van der Waals surface area contributed by atoms with Gasteiger partial charge in [0.1, 0.15) is 5.25 Å². The number of rotatable bonds is 4. The lowest BCUT2D eigenvalue weighted by molar-refractivity contribution is -0.127. The molecule has 0 radical (unpaired) electrons. The maximum Gasteiger partial charge on any atom is 0.242 e. The van der Waals surface area contributed by atoms with Crippen LogP contribution in [0.25, 0.3) is 0 Å². The van der Waals surface area contributed by atoms with E-state index in [1.807, 2.05) is 55.5 Å². The molecule has 5 nitrogen and oxygen atoms in total. The van der Waals surface area contributed by atoms with E-state index in [0.717, 1.165) is 20.5 Å². The molecule has 0 spiro atoms. The molecule has 1 atom stereocenters. The molecule has 0 aromatic heterocycles. The van der Waals surface area contributed by atoms with E-state index < -0.39 is 5.25 Å². The van der Waals surface area contributed by atoms with E-state index in [4.69, 9.17) is 0 Å². The second kappa shape index (κ2) is 8.22. The lowest BCUT2D eigenvalue weighted by atomic mass is 10.2. The Morgan fingerprint density at radius 2 is 2.00 bits per heavy atom. The van der Waals surface area contributed by atoms with Gasteiger partial charge in [-0.3, -0.25) is 14.5 Å². The summed E-state index contributed by atoms with van der Waals surface area (Å²) in [5, 5.41) is 3.02.